The summed E-state index contributed by atoms with van der Waals surface area (Å²) in [7, 11) is 1.62. The molecule has 3 aromatic rings. The van der Waals surface area contributed by atoms with E-state index in [0.29, 0.717) is 19.4 Å². The van der Waals surface area contributed by atoms with Gasteiger partial charge >= 0.3 is 0 Å². The van der Waals surface area contributed by atoms with Gasteiger partial charge in [0.05, 0.1) is 7.11 Å². The van der Waals surface area contributed by atoms with Crippen molar-refractivity contribution in [3.05, 3.63) is 77.8 Å². The number of aryl methyl sites for hydroxylation is 1. The highest BCUT2D eigenvalue weighted by molar-refractivity contribution is 5.76. The van der Waals surface area contributed by atoms with Crippen molar-refractivity contribution in [1.29, 1.82) is 0 Å². The largest absolute Gasteiger partial charge is 0.497 e. The second kappa shape index (κ2) is 8.34. The van der Waals surface area contributed by atoms with Crippen LogP contribution >= 0.6 is 0 Å². The normalized spacial score (nSPS) is 10.5. The number of amides is 1. The molecule has 1 N–H and O–H groups in total. The summed E-state index contributed by atoms with van der Waals surface area (Å²) in [4.78, 5) is 12.0. The van der Waals surface area contributed by atoms with Gasteiger partial charge in [-0.2, -0.15) is 0 Å². The van der Waals surface area contributed by atoms with Gasteiger partial charge in [-0.05, 0) is 54.1 Å². The van der Waals surface area contributed by atoms with Gasteiger partial charge in [0.25, 0.3) is 0 Å². The van der Waals surface area contributed by atoms with Crippen molar-refractivity contribution in [3.8, 4) is 17.1 Å². The minimum Gasteiger partial charge on any atom is -0.497 e. The molecule has 0 aliphatic heterocycles. The molecule has 3 rings (SSSR count). The van der Waals surface area contributed by atoms with Crippen molar-refractivity contribution in [3.63, 3.8) is 0 Å². The van der Waals surface area contributed by atoms with Gasteiger partial charge in [0.15, 0.2) is 0 Å². The molecule has 0 atom stereocenters. The van der Waals surface area contributed by atoms with Crippen LogP contribution in [0.4, 0.5) is 4.39 Å². The average Bonchev–Trinajstić information content (AvgIpc) is 3.14. The van der Waals surface area contributed by atoms with Crippen molar-refractivity contribution in [2.24, 2.45) is 0 Å². The van der Waals surface area contributed by atoms with E-state index in [1.54, 1.807) is 19.2 Å². The second-order valence-electron chi connectivity index (χ2n) is 5.90. The fourth-order valence-corrected chi connectivity index (χ4v) is 2.60. The Kier molecular flexibility index (Phi) is 5.69. The monoisotopic (exact) mass is 353 g/mol. The van der Waals surface area contributed by atoms with E-state index in [9.17, 15) is 9.18 Å². The molecular formula is C21H20FNO3. The Morgan fingerprint density at radius 2 is 1.92 bits per heavy atom. The summed E-state index contributed by atoms with van der Waals surface area (Å²) in [6.45, 7) is 0.311. The number of furan rings is 1. The number of carbonyl (C=O) groups excluding carboxylic acids is 1. The summed E-state index contributed by atoms with van der Waals surface area (Å²) < 4.78 is 24.1. The van der Waals surface area contributed by atoms with Gasteiger partial charge in [0, 0.05) is 24.9 Å². The first kappa shape index (κ1) is 17.7. The minimum absolute atomic E-state index is 0.100. The summed E-state index contributed by atoms with van der Waals surface area (Å²) in [5.74, 6) is 1.88. The maximum absolute atomic E-state index is 13.1. The van der Waals surface area contributed by atoms with Gasteiger partial charge in [-0.25, -0.2) is 4.39 Å². The quantitative estimate of drug-likeness (QED) is 0.687. The molecule has 0 radical (unpaired) electrons. The number of hydrogen-bond acceptors (Lipinski definition) is 3. The van der Waals surface area contributed by atoms with Crippen LogP contribution in [0.15, 0.2) is 65.1 Å². The van der Waals surface area contributed by atoms with Crippen LogP contribution < -0.4 is 10.1 Å². The van der Waals surface area contributed by atoms with E-state index in [-0.39, 0.29) is 11.7 Å². The predicted molar refractivity (Wildman–Crippen MR) is 97.3 cm³/mol. The average molecular weight is 353 g/mol. The van der Waals surface area contributed by atoms with Gasteiger partial charge in [-0.15, -0.1) is 0 Å². The Bertz CT molecular complexity index is 871. The van der Waals surface area contributed by atoms with Crippen LogP contribution in [-0.4, -0.2) is 13.0 Å². The standard InChI is InChI=1S/C21H20FNO3/c1-25-18-7-5-16(6-8-18)20-11-9-19(26-20)10-12-21(24)23-14-15-3-2-4-17(22)13-15/h2-9,11,13H,10,12,14H2,1H3,(H,23,24). The first-order valence-electron chi connectivity index (χ1n) is 8.38. The molecule has 1 aromatic heterocycles. The van der Waals surface area contributed by atoms with Crippen LogP contribution in [-0.2, 0) is 17.8 Å². The molecule has 0 aliphatic rings. The molecule has 2 aromatic carbocycles. The van der Waals surface area contributed by atoms with Gasteiger partial charge in [-0.3, -0.25) is 4.79 Å². The van der Waals surface area contributed by atoms with E-state index in [1.807, 2.05) is 36.4 Å². The Morgan fingerprint density at radius 3 is 2.65 bits per heavy atom. The zero-order valence-corrected chi connectivity index (χ0v) is 14.5. The molecule has 0 saturated carbocycles. The predicted octanol–water partition coefficient (Wildman–Crippen LogP) is 4.34. The summed E-state index contributed by atoms with van der Waals surface area (Å²) in [6.07, 6.45) is 0.815. The third-order valence-electron chi connectivity index (χ3n) is 4.01. The lowest BCUT2D eigenvalue weighted by molar-refractivity contribution is -0.121. The maximum Gasteiger partial charge on any atom is 0.220 e. The lowest BCUT2D eigenvalue weighted by Crippen LogP contribution is -2.22. The van der Waals surface area contributed by atoms with Crippen LogP contribution in [0, 0.1) is 5.82 Å². The van der Waals surface area contributed by atoms with Gasteiger partial charge in [0.1, 0.15) is 23.1 Å². The molecule has 0 saturated heterocycles. The number of ether oxygens (including phenoxy) is 1. The van der Waals surface area contributed by atoms with E-state index in [1.165, 1.54) is 12.1 Å². The summed E-state index contributed by atoms with van der Waals surface area (Å²) in [5, 5.41) is 2.79. The van der Waals surface area contributed by atoms with Crippen LogP contribution in [0.3, 0.4) is 0 Å². The fraction of sp³-hybridized carbons (Fsp3) is 0.190. The number of carbonyl (C=O) groups is 1. The Hall–Kier alpha value is -3.08. The number of halogens is 1. The van der Waals surface area contributed by atoms with Crippen molar-refractivity contribution in [2.75, 3.05) is 7.11 Å². The first-order valence-corrected chi connectivity index (χ1v) is 8.38. The maximum atomic E-state index is 13.1. The van der Waals surface area contributed by atoms with Gasteiger partial charge in [-0.1, -0.05) is 12.1 Å². The third kappa shape index (κ3) is 4.72. The fourth-order valence-electron chi connectivity index (χ4n) is 2.60. The Labute approximate surface area is 151 Å². The molecule has 0 spiro atoms. The van der Waals surface area contributed by atoms with Gasteiger partial charge < -0.3 is 14.5 Å². The lowest BCUT2D eigenvalue weighted by atomic mass is 10.2. The molecular weight excluding hydrogens is 333 g/mol. The topological polar surface area (TPSA) is 51.5 Å². The molecule has 0 fully saturated rings. The Morgan fingerprint density at radius 1 is 1.12 bits per heavy atom. The van der Waals surface area contributed by atoms with Crippen molar-refractivity contribution < 1.29 is 18.3 Å². The molecule has 0 bridgehead atoms. The van der Waals surface area contributed by atoms with Crippen LogP contribution in [0.2, 0.25) is 0 Å². The van der Waals surface area contributed by atoms with Crippen LogP contribution in [0.25, 0.3) is 11.3 Å². The smallest absolute Gasteiger partial charge is 0.220 e. The third-order valence-corrected chi connectivity index (χ3v) is 4.01. The Balaban J connectivity index is 1.50. The van der Waals surface area contributed by atoms with E-state index in [2.05, 4.69) is 5.32 Å². The van der Waals surface area contributed by atoms with Crippen molar-refractivity contribution in [2.45, 2.75) is 19.4 Å². The van der Waals surface area contributed by atoms with Crippen molar-refractivity contribution >= 4 is 5.91 Å². The van der Waals surface area contributed by atoms with E-state index < -0.39 is 0 Å². The second-order valence-corrected chi connectivity index (χ2v) is 5.90. The number of rotatable bonds is 7. The summed E-state index contributed by atoms with van der Waals surface area (Å²) >= 11 is 0. The summed E-state index contributed by atoms with van der Waals surface area (Å²) in [5.41, 5.74) is 1.69. The first-order chi connectivity index (χ1) is 12.6. The molecule has 0 unspecified atom stereocenters. The van der Waals surface area contributed by atoms with Crippen LogP contribution in [0.5, 0.6) is 5.75 Å². The van der Waals surface area contributed by atoms with E-state index >= 15 is 0 Å². The van der Waals surface area contributed by atoms with E-state index in [0.717, 1.165) is 28.4 Å². The number of hydrogen-bond donors (Lipinski definition) is 1. The van der Waals surface area contributed by atoms with Crippen LogP contribution in [0.1, 0.15) is 17.7 Å². The molecule has 1 heterocycles. The zero-order valence-electron chi connectivity index (χ0n) is 14.5. The lowest BCUT2D eigenvalue weighted by Gasteiger charge is -2.05. The minimum atomic E-state index is -0.307. The van der Waals surface area contributed by atoms with Crippen molar-refractivity contribution in [1.82, 2.24) is 5.32 Å². The molecule has 134 valence electrons. The molecule has 1 amide bonds. The highest BCUT2D eigenvalue weighted by Crippen LogP contribution is 2.24. The highest BCUT2D eigenvalue weighted by atomic mass is 19.1. The molecule has 0 aliphatic carbocycles. The number of methoxy groups -OCH3 is 1. The zero-order chi connectivity index (χ0) is 18.4. The highest BCUT2D eigenvalue weighted by Gasteiger charge is 2.08. The number of benzene rings is 2. The molecule has 4 nitrogen and oxygen atoms in total. The van der Waals surface area contributed by atoms with Gasteiger partial charge in [0.2, 0.25) is 5.91 Å². The molecule has 26 heavy (non-hydrogen) atoms. The van der Waals surface area contributed by atoms with E-state index in [4.69, 9.17) is 9.15 Å². The molecule has 5 heteroatoms. The SMILES string of the molecule is COc1ccc(-c2ccc(CCC(=O)NCc3cccc(F)c3)o2)cc1. The number of nitrogens with one attached hydrogen (secondary N) is 1. The summed E-state index contributed by atoms with van der Waals surface area (Å²) in [6, 6.07) is 17.5.